The third-order valence-electron chi connectivity index (χ3n) is 2.94. The van der Waals surface area contributed by atoms with E-state index in [0.29, 0.717) is 6.54 Å². The van der Waals surface area contributed by atoms with Crippen molar-refractivity contribution in [3.63, 3.8) is 0 Å². The predicted molar refractivity (Wildman–Crippen MR) is 59.5 cm³/mol. The monoisotopic (exact) mass is 204 g/mol. The minimum Gasteiger partial charge on any atom is -0.353 e. The molecule has 80 valence electrons. The molecule has 0 saturated carbocycles. The van der Waals surface area contributed by atoms with Crippen molar-refractivity contribution in [2.45, 2.75) is 19.4 Å². The molecule has 2 N–H and O–H groups in total. The van der Waals surface area contributed by atoms with Crippen LogP contribution in [0.4, 0.5) is 0 Å². The Morgan fingerprint density at radius 2 is 2.13 bits per heavy atom. The molecule has 0 aromatic heterocycles. The lowest BCUT2D eigenvalue weighted by molar-refractivity contribution is -0.128. The first kappa shape index (κ1) is 10.2. The van der Waals surface area contributed by atoms with E-state index >= 15 is 0 Å². The van der Waals surface area contributed by atoms with E-state index in [4.69, 9.17) is 0 Å². The van der Waals surface area contributed by atoms with Gasteiger partial charge in [0.25, 0.3) is 0 Å². The highest BCUT2D eigenvalue weighted by Crippen LogP contribution is 2.23. The second-order valence-electron chi connectivity index (χ2n) is 4.18. The summed E-state index contributed by atoms with van der Waals surface area (Å²) in [5.41, 5.74) is 1.62. The van der Waals surface area contributed by atoms with Gasteiger partial charge in [0.15, 0.2) is 0 Å². The van der Waals surface area contributed by atoms with Gasteiger partial charge in [0, 0.05) is 13.1 Å². The summed E-state index contributed by atoms with van der Waals surface area (Å²) in [6, 6.07) is 8.07. The Bertz CT molecular complexity index is 389. The third kappa shape index (κ3) is 1.75. The van der Waals surface area contributed by atoms with E-state index in [1.54, 1.807) is 0 Å². The van der Waals surface area contributed by atoms with E-state index in [9.17, 15) is 4.79 Å². The molecule has 1 heterocycles. The zero-order chi connectivity index (χ0) is 10.9. The summed E-state index contributed by atoms with van der Waals surface area (Å²) in [6.45, 7) is 5.49. The summed E-state index contributed by atoms with van der Waals surface area (Å²) in [7, 11) is 0. The van der Waals surface area contributed by atoms with Crippen LogP contribution in [-0.2, 0) is 10.3 Å². The summed E-state index contributed by atoms with van der Waals surface area (Å²) in [5, 5.41) is 6.17. The van der Waals surface area contributed by atoms with E-state index in [2.05, 4.69) is 16.7 Å². The molecule has 0 bridgehead atoms. The van der Waals surface area contributed by atoms with Crippen LogP contribution in [0.25, 0.3) is 0 Å². The minimum atomic E-state index is -0.579. The molecule has 1 saturated heterocycles. The van der Waals surface area contributed by atoms with Gasteiger partial charge in [-0.1, -0.05) is 29.8 Å². The van der Waals surface area contributed by atoms with Crippen molar-refractivity contribution in [1.29, 1.82) is 0 Å². The number of benzene rings is 1. The molecule has 2 rings (SSSR count). The molecule has 3 heteroatoms. The molecule has 1 atom stereocenters. The smallest absolute Gasteiger partial charge is 0.244 e. The standard InChI is InChI=1S/C12H16N2O/c1-9-4-3-5-10(8-9)12(2)11(15)13-6-7-14-12/h3-5,8,14H,6-7H2,1-2H3,(H,13,15). The van der Waals surface area contributed by atoms with Crippen LogP contribution in [0.1, 0.15) is 18.1 Å². The number of rotatable bonds is 1. The topological polar surface area (TPSA) is 41.1 Å². The number of carbonyl (C=O) groups excluding carboxylic acids is 1. The van der Waals surface area contributed by atoms with Crippen molar-refractivity contribution in [3.05, 3.63) is 35.4 Å². The van der Waals surface area contributed by atoms with Gasteiger partial charge in [-0.15, -0.1) is 0 Å². The first-order valence-corrected chi connectivity index (χ1v) is 5.23. The largest absolute Gasteiger partial charge is 0.353 e. The van der Waals surface area contributed by atoms with Crippen molar-refractivity contribution in [3.8, 4) is 0 Å². The van der Waals surface area contributed by atoms with E-state index in [1.165, 1.54) is 5.56 Å². The highest BCUT2D eigenvalue weighted by Gasteiger charge is 2.36. The molecule has 1 aliphatic rings. The van der Waals surface area contributed by atoms with Crippen LogP contribution in [0.5, 0.6) is 0 Å². The van der Waals surface area contributed by atoms with E-state index < -0.39 is 5.54 Å². The molecule has 0 radical (unpaired) electrons. The number of piperazine rings is 1. The second-order valence-corrected chi connectivity index (χ2v) is 4.18. The summed E-state index contributed by atoms with van der Waals surface area (Å²) < 4.78 is 0. The van der Waals surface area contributed by atoms with Crippen LogP contribution in [-0.4, -0.2) is 19.0 Å². The average molecular weight is 204 g/mol. The van der Waals surface area contributed by atoms with Gasteiger partial charge in [0.2, 0.25) is 5.91 Å². The van der Waals surface area contributed by atoms with Crippen LogP contribution in [0, 0.1) is 6.92 Å². The number of carbonyl (C=O) groups is 1. The summed E-state index contributed by atoms with van der Waals surface area (Å²) in [5.74, 6) is 0.0550. The lowest BCUT2D eigenvalue weighted by Crippen LogP contribution is -2.59. The fraction of sp³-hybridized carbons (Fsp3) is 0.417. The van der Waals surface area contributed by atoms with Gasteiger partial charge >= 0.3 is 0 Å². The van der Waals surface area contributed by atoms with Gasteiger partial charge in [-0.2, -0.15) is 0 Å². The van der Waals surface area contributed by atoms with Crippen LogP contribution in [0.15, 0.2) is 24.3 Å². The van der Waals surface area contributed by atoms with Crippen molar-refractivity contribution in [2.75, 3.05) is 13.1 Å². The Labute approximate surface area is 89.9 Å². The summed E-state index contributed by atoms with van der Waals surface area (Å²) in [4.78, 5) is 11.9. The van der Waals surface area contributed by atoms with Crippen LogP contribution in [0.3, 0.4) is 0 Å². The molecule has 1 amide bonds. The van der Waals surface area contributed by atoms with Gasteiger partial charge < -0.3 is 5.32 Å². The maximum Gasteiger partial charge on any atom is 0.244 e. The fourth-order valence-electron chi connectivity index (χ4n) is 1.93. The molecule has 1 aliphatic heterocycles. The lowest BCUT2D eigenvalue weighted by atomic mass is 9.88. The molecule has 0 aliphatic carbocycles. The van der Waals surface area contributed by atoms with Crippen LogP contribution < -0.4 is 10.6 Å². The maximum absolute atomic E-state index is 11.9. The molecule has 1 unspecified atom stereocenters. The maximum atomic E-state index is 11.9. The molecular weight excluding hydrogens is 188 g/mol. The first-order valence-electron chi connectivity index (χ1n) is 5.23. The van der Waals surface area contributed by atoms with Crippen LogP contribution >= 0.6 is 0 Å². The van der Waals surface area contributed by atoms with Crippen molar-refractivity contribution in [1.82, 2.24) is 10.6 Å². The third-order valence-corrected chi connectivity index (χ3v) is 2.94. The molecule has 1 fully saturated rings. The zero-order valence-corrected chi connectivity index (χ0v) is 9.13. The van der Waals surface area contributed by atoms with Gasteiger partial charge in [-0.3, -0.25) is 10.1 Å². The molecule has 0 spiro atoms. The molecule has 3 nitrogen and oxygen atoms in total. The minimum absolute atomic E-state index is 0.0550. The predicted octanol–water partition coefficient (Wildman–Crippen LogP) is 0.930. The fourth-order valence-corrected chi connectivity index (χ4v) is 1.93. The average Bonchev–Trinajstić information content (AvgIpc) is 2.23. The van der Waals surface area contributed by atoms with Crippen molar-refractivity contribution in [2.24, 2.45) is 0 Å². The number of hydrogen-bond donors (Lipinski definition) is 2. The summed E-state index contributed by atoms with van der Waals surface area (Å²) in [6.07, 6.45) is 0. The van der Waals surface area contributed by atoms with E-state index in [-0.39, 0.29) is 5.91 Å². The van der Waals surface area contributed by atoms with Gasteiger partial charge in [0.05, 0.1) is 0 Å². The highest BCUT2D eigenvalue weighted by molar-refractivity contribution is 5.88. The SMILES string of the molecule is Cc1cccc(C2(C)NCCNC2=O)c1. The Morgan fingerprint density at radius 3 is 2.80 bits per heavy atom. The van der Waals surface area contributed by atoms with Gasteiger partial charge in [-0.25, -0.2) is 0 Å². The first-order chi connectivity index (χ1) is 7.13. The van der Waals surface area contributed by atoms with Crippen molar-refractivity contribution < 1.29 is 4.79 Å². The Morgan fingerprint density at radius 1 is 1.33 bits per heavy atom. The van der Waals surface area contributed by atoms with Gasteiger partial charge in [-0.05, 0) is 19.4 Å². The number of nitrogens with one attached hydrogen (secondary N) is 2. The lowest BCUT2D eigenvalue weighted by Gasteiger charge is -2.34. The zero-order valence-electron chi connectivity index (χ0n) is 9.13. The molecule has 1 aromatic carbocycles. The van der Waals surface area contributed by atoms with E-state index in [0.717, 1.165) is 12.1 Å². The molecule has 1 aromatic rings. The highest BCUT2D eigenvalue weighted by atomic mass is 16.2. The number of amides is 1. The second kappa shape index (κ2) is 3.66. The Kier molecular flexibility index (Phi) is 2.49. The van der Waals surface area contributed by atoms with Gasteiger partial charge in [0.1, 0.15) is 5.54 Å². The van der Waals surface area contributed by atoms with E-state index in [1.807, 2.05) is 32.0 Å². The number of aryl methyl sites for hydroxylation is 1. The Balaban J connectivity index is 2.39. The van der Waals surface area contributed by atoms with Crippen molar-refractivity contribution >= 4 is 5.91 Å². The quantitative estimate of drug-likeness (QED) is 0.714. The normalized spacial score (nSPS) is 26.1. The molecule has 15 heavy (non-hydrogen) atoms. The summed E-state index contributed by atoms with van der Waals surface area (Å²) >= 11 is 0. The van der Waals surface area contributed by atoms with Crippen LogP contribution in [0.2, 0.25) is 0 Å². The molecular formula is C12H16N2O. The number of hydrogen-bond acceptors (Lipinski definition) is 2. The Hall–Kier alpha value is -1.35.